The fraction of sp³-hybridized carbons (Fsp3) is 0.333. The fourth-order valence-corrected chi connectivity index (χ4v) is 3.89. The van der Waals surface area contributed by atoms with Gasteiger partial charge < -0.3 is 4.89 Å². The van der Waals surface area contributed by atoms with Crippen molar-refractivity contribution in [2.24, 2.45) is 0 Å². The Morgan fingerprint density at radius 2 is 2.14 bits per heavy atom. The zero-order chi connectivity index (χ0) is 10.0. The number of nitrogens with one attached hydrogen (secondary N) is 1. The van der Waals surface area contributed by atoms with Crippen molar-refractivity contribution in [3.8, 4) is 0 Å². The molecule has 1 N–H and O–H groups in total. The van der Waals surface area contributed by atoms with Gasteiger partial charge in [0.15, 0.2) is 0 Å². The molecule has 0 amide bonds. The molecule has 5 heteroatoms. The Balaban J connectivity index is 2.17. The summed E-state index contributed by atoms with van der Waals surface area (Å²) < 4.78 is 5.36. The van der Waals surface area contributed by atoms with Gasteiger partial charge in [0.25, 0.3) is 0 Å². The third-order valence-electron chi connectivity index (χ3n) is 2.05. The summed E-state index contributed by atoms with van der Waals surface area (Å²) in [5.74, 6) is 0. The van der Waals surface area contributed by atoms with Crippen LogP contribution in [-0.4, -0.2) is 18.0 Å². The van der Waals surface area contributed by atoms with Crippen molar-refractivity contribution >= 4 is 29.1 Å². The summed E-state index contributed by atoms with van der Waals surface area (Å²) in [5.41, 5.74) is 0. The molecule has 1 heterocycles. The Labute approximate surface area is 92.2 Å². The molecule has 1 fully saturated rings. The van der Waals surface area contributed by atoms with Crippen molar-refractivity contribution in [2.75, 3.05) is 13.2 Å². The lowest BCUT2D eigenvalue weighted by Gasteiger charge is -2.34. The molecule has 1 aromatic rings. The number of halogens is 1. The molecule has 2 atom stereocenters. The lowest BCUT2D eigenvalue weighted by Crippen LogP contribution is -2.44. The first kappa shape index (κ1) is 10.5. The SMILES string of the molecule is [O-][P+]1(c2ccccc2)NC[C@@H](Br)CO1. The van der Waals surface area contributed by atoms with Crippen molar-refractivity contribution in [3.63, 3.8) is 0 Å². The van der Waals surface area contributed by atoms with Gasteiger partial charge in [-0.15, -0.1) is 0 Å². The maximum absolute atomic E-state index is 12.2. The van der Waals surface area contributed by atoms with E-state index in [1.165, 1.54) is 0 Å². The zero-order valence-electron chi connectivity index (χ0n) is 7.52. The van der Waals surface area contributed by atoms with Gasteiger partial charge in [-0.1, -0.05) is 34.1 Å². The summed E-state index contributed by atoms with van der Waals surface area (Å²) in [5, 5.41) is 3.68. The molecule has 3 nitrogen and oxygen atoms in total. The van der Waals surface area contributed by atoms with E-state index in [4.69, 9.17) is 4.52 Å². The Kier molecular flexibility index (Phi) is 3.20. The molecule has 0 aromatic heterocycles. The molecule has 1 saturated heterocycles. The van der Waals surface area contributed by atoms with E-state index in [2.05, 4.69) is 21.0 Å². The van der Waals surface area contributed by atoms with E-state index in [9.17, 15) is 4.89 Å². The van der Waals surface area contributed by atoms with Crippen molar-refractivity contribution < 1.29 is 9.42 Å². The first-order valence-electron chi connectivity index (χ1n) is 4.40. The van der Waals surface area contributed by atoms with Gasteiger partial charge in [0.05, 0.1) is 4.83 Å². The number of benzene rings is 1. The van der Waals surface area contributed by atoms with Gasteiger partial charge in [0, 0.05) is 6.54 Å². The van der Waals surface area contributed by atoms with E-state index in [1.54, 1.807) is 0 Å². The topological polar surface area (TPSA) is 44.3 Å². The van der Waals surface area contributed by atoms with Crippen LogP contribution in [0.25, 0.3) is 0 Å². The first-order chi connectivity index (χ1) is 6.71. The predicted octanol–water partition coefficient (Wildman–Crippen LogP) is 0.818. The second-order valence-electron chi connectivity index (χ2n) is 3.14. The molecular formula is C9H11BrNO2P. The average molecular weight is 276 g/mol. The fourth-order valence-electron chi connectivity index (χ4n) is 1.30. The van der Waals surface area contributed by atoms with Gasteiger partial charge in [-0.3, -0.25) is 0 Å². The largest absolute Gasteiger partial charge is 0.637 e. The molecule has 0 spiro atoms. The van der Waals surface area contributed by atoms with Crippen molar-refractivity contribution in [3.05, 3.63) is 30.3 Å². The first-order valence-corrected chi connectivity index (χ1v) is 6.94. The van der Waals surface area contributed by atoms with Crippen LogP contribution in [0.1, 0.15) is 0 Å². The lowest BCUT2D eigenvalue weighted by atomic mass is 10.4. The summed E-state index contributed by atoms with van der Waals surface area (Å²) in [6, 6.07) is 9.26. The maximum Gasteiger partial charge on any atom is 0.205 e. The normalized spacial score (nSPS) is 32.9. The summed E-state index contributed by atoms with van der Waals surface area (Å²) in [6.07, 6.45) is 0. The van der Waals surface area contributed by atoms with E-state index in [0.29, 0.717) is 13.2 Å². The number of rotatable bonds is 1. The molecule has 2 rings (SSSR count). The second-order valence-corrected chi connectivity index (χ2v) is 6.63. The van der Waals surface area contributed by atoms with Crippen LogP contribution >= 0.6 is 23.8 Å². The van der Waals surface area contributed by atoms with Crippen LogP contribution in [0.4, 0.5) is 0 Å². The molecular weight excluding hydrogens is 265 g/mol. The van der Waals surface area contributed by atoms with Crippen molar-refractivity contribution in [2.45, 2.75) is 4.83 Å². The summed E-state index contributed by atoms with van der Waals surface area (Å²) >= 11 is 3.40. The molecule has 1 aromatic carbocycles. The molecule has 0 bridgehead atoms. The van der Waals surface area contributed by atoms with Crippen LogP contribution in [0.2, 0.25) is 0 Å². The van der Waals surface area contributed by atoms with E-state index < -0.39 is 7.87 Å². The minimum Gasteiger partial charge on any atom is -0.637 e. The second kappa shape index (κ2) is 4.25. The van der Waals surface area contributed by atoms with E-state index in [-0.39, 0.29) is 4.83 Å². The number of alkyl halides is 1. The Bertz CT molecular complexity index is 301. The van der Waals surface area contributed by atoms with Gasteiger partial charge in [-0.05, 0) is 12.1 Å². The summed E-state index contributed by atoms with van der Waals surface area (Å²) in [4.78, 5) is 12.5. The van der Waals surface area contributed by atoms with Gasteiger partial charge in [0.1, 0.15) is 11.9 Å². The third kappa shape index (κ3) is 2.15. The van der Waals surface area contributed by atoms with E-state index in [0.717, 1.165) is 5.30 Å². The quantitative estimate of drug-likeness (QED) is 0.610. The molecule has 76 valence electrons. The van der Waals surface area contributed by atoms with Gasteiger partial charge in [-0.2, -0.15) is 5.09 Å². The molecule has 0 saturated carbocycles. The molecule has 0 radical (unpaired) electrons. The molecule has 14 heavy (non-hydrogen) atoms. The van der Waals surface area contributed by atoms with Crippen LogP contribution < -0.4 is 15.3 Å². The summed E-state index contributed by atoms with van der Waals surface area (Å²) in [6.45, 7) is 1.16. The minimum atomic E-state index is -2.78. The standard InChI is InChI=1S/C9H11BrNO2P/c10-8-6-11-14(12,13-7-8)9-4-2-1-3-5-9/h1-5,8H,6-7H2,(H,11,12)/t8-,14?/m1/s1. The van der Waals surface area contributed by atoms with Crippen LogP contribution in [0.15, 0.2) is 30.3 Å². The zero-order valence-corrected chi connectivity index (χ0v) is 10.0. The highest BCUT2D eigenvalue weighted by Gasteiger charge is 2.36. The highest BCUT2D eigenvalue weighted by Crippen LogP contribution is 2.47. The van der Waals surface area contributed by atoms with Gasteiger partial charge in [0.2, 0.25) is 7.87 Å². The highest BCUT2D eigenvalue weighted by molar-refractivity contribution is 9.09. The molecule has 0 aliphatic carbocycles. The predicted molar refractivity (Wildman–Crippen MR) is 59.7 cm³/mol. The maximum atomic E-state index is 12.2. The summed E-state index contributed by atoms with van der Waals surface area (Å²) in [7, 11) is -2.78. The Hall–Kier alpha value is 0.01000. The minimum absolute atomic E-state index is 0.244. The molecule has 1 aliphatic heterocycles. The molecule has 1 unspecified atom stereocenters. The van der Waals surface area contributed by atoms with Crippen LogP contribution in [-0.2, 0) is 4.52 Å². The smallest absolute Gasteiger partial charge is 0.205 e. The van der Waals surface area contributed by atoms with Crippen LogP contribution in [0, 0.1) is 0 Å². The monoisotopic (exact) mass is 275 g/mol. The lowest BCUT2D eigenvalue weighted by molar-refractivity contribution is -0.193. The van der Waals surface area contributed by atoms with Crippen molar-refractivity contribution in [1.82, 2.24) is 5.09 Å². The number of hydrogen-bond acceptors (Lipinski definition) is 3. The Morgan fingerprint density at radius 1 is 1.43 bits per heavy atom. The molecule has 1 aliphatic rings. The van der Waals surface area contributed by atoms with Gasteiger partial charge >= 0.3 is 0 Å². The van der Waals surface area contributed by atoms with Gasteiger partial charge in [-0.25, -0.2) is 4.52 Å². The average Bonchev–Trinajstić information content (AvgIpc) is 2.24. The van der Waals surface area contributed by atoms with E-state index in [1.807, 2.05) is 30.3 Å². The van der Waals surface area contributed by atoms with E-state index >= 15 is 0 Å². The third-order valence-corrected chi connectivity index (χ3v) is 4.73. The van der Waals surface area contributed by atoms with Crippen LogP contribution in [0.3, 0.4) is 0 Å². The number of hydrogen-bond donors (Lipinski definition) is 1. The Morgan fingerprint density at radius 3 is 2.71 bits per heavy atom. The van der Waals surface area contributed by atoms with Crippen molar-refractivity contribution in [1.29, 1.82) is 0 Å². The van der Waals surface area contributed by atoms with Crippen LogP contribution in [0.5, 0.6) is 0 Å². The highest BCUT2D eigenvalue weighted by atomic mass is 79.9.